The minimum atomic E-state index is 0.0765. The lowest BCUT2D eigenvalue weighted by atomic mass is 9.84. The van der Waals surface area contributed by atoms with Crippen LogP contribution in [-0.4, -0.2) is 14.2 Å². The van der Waals surface area contributed by atoms with E-state index < -0.39 is 0 Å². The summed E-state index contributed by atoms with van der Waals surface area (Å²) in [6.45, 7) is 10.7. The first-order valence-corrected chi connectivity index (χ1v) is 5.55. The van der Waals surface area contributed by atoms with Gasteiger partial charge in [0.15, 0.2) is 0 Å². The Balaban J connectivity index is 3.53. The number of benzene rings is 1. The Hall–Kier alpha value is -1.18. The number of aryl methyl sites for hydroxylation is 1. The molecule has 2 heteroatoms. The van der Waals surface area contributed by atoms with Crippen LogP contribution in [0.15, 0.2) is 6.07 Å². The first-order valence-electron chi connectivity index (χ1n) is 5.55. The zero-order valence-electron chi connectivity index (χ0n) is 11.4. The summed E-state index contributed by atoms with van der Waals surface area (Å²) in [4.78, 5) is 0. The fraction of sp³-hybridized carbons (Fsp3) is 0.571. The first-order chi connectivity index (χ1) is 7.32. The van der Waals surface area contributed by atoms with Crippen LogP contribution < -0.4 is 9.47 Å². The van der Waals surface area contributed by atoms with E-state index in [1.54, 1.807) is 14.2 Å². The second kappa shape index (κ2) is 4.36. The van der Waals surface area contributed by atoms with Gasteiger partial charge in [-0.25, -0.2) is 0 Å². The van der Waals surface area contributed by atoms with Crippen LogP contribution >= 0.6 is 0 Å². The maximum Gasteiger partial charge on any atom is 0.129 e. The number of hydrogen-bond donors (Lipinski definition) is 0. The van der Waals surface area contributed by atoms with Gasteiger partial charge in [0.25, 0.3) is 0 Å². The van der Waals surface area contributed by atoms with Gasteiger partial charge in [-0.15, -0.1) is 0 Å². The summed E-state index contributed by atoms with van der Waals surface area (Å²) in [5.74, 6) is 1.86. The monoisotopic (exact) mass is 222 g/mol. The fourth-order valence-corrected chi connectivity index (χ4v) is 2.08. The molecule has 16 heavy (non-hydrogen) atoms. The molecule has 0 saturated heterocycles. The van der Waals surface area contributed by atoms with Crippen LogP contribution in [0.1, 0.15) is 37.5 Å². The van der Waals surface area contributed by atoms with Crippen molar-refractivity contribution in [1.29, 1.82) is 0 Å². The lowest BCUT2D eigenvalue weighted by Gasteiger charge is -2.25. The molecule has 0 aliphatic carbocycles. The van der Waals surface area contributed by atoms with Crippen molar-refractivity contribution in [1.82, 2.24) is 0 Å². The molecule has 0 unspecified atom stereocenters. The molecule has 0 aliphatic rings. The molecule has 0 radical (unpaired) electrons. The highest BCUT2D eigenvalue weighted by atomic mass is 16.5. The Bertz CT molecular complexity index is 387. The summed E-state index contributed by atoms with van der Waals surface area (Å²) >= 11 is 0. The van der Waals surface area contributed by atoms with Gasteiger partial charge >= 0.3 is 0 Å². The van der Waals surface area contributed by atoms with E-state index in [0.717, 1.165) is 22.6 Å². The Morgan fingerprint density at radius 2 is 1.44 bits per heavy atom. The molecule has 0 aromatic heterocycles. The van der Waals surface area contributed by atoms with Crippen LogP contribution in [0.5, 0.6) is 11.5 Å². The second-order valence-electron chi connectivity index (χ2n) is 5.18. The molecule has 0 spiro atoms. The highest BCUT2D eigenvalue weighted by Gasteiger charge is 2.23. The molecular weight excluding hydrogens is 200 g/mol. The Labute approximate surface area is 98.6 Å². The average Bonchev–Trinajstić information content (AvgIpc) is 2.16. The smallest absolute Gasteiger partial charge is 0.129 e. The van der Waals surface area contributed by atoms with Crippen molar-refractivity contribution in [2.45, 2.75) is 40.0 Å². The van der Waals surface area contributed by atoms with Crippen molar-refractivity contribution in [2.24, 2.45) is 0 Å². The fourth-order valence-electron chi connectivity index (χ4n) is 2.08. The topological polar surface area (TPSA) is 18.5 Å². The molecule has 1 aromatic rings. The summed E-state index contributed by atoms with van der Waals surface area (Å²) in [7, 11) is 3.41. The lowest BCUT2D eigenvalue weighted by molar-refractivity contribution is 0.376. The summed E-state index contributed by atoms with van der Waals surface area (Å²) in [5.41, 5.74) is 3.54. The highest BCUT2D eigenvalue weighted by molar-refractivity contribution is 5.55. The van der Waals surface area contributed by atoms with E-state index in [1.165, 1.54) is 5.56 Å². The quantitative estimate of drug-likeness (QED) is 0.761. The third-order valence-electron chi connectivity index (χ3n) is 2.86. The minimum absolute atomic E-state index is 0.0765. The van der Waals surface area contributed by atoms with Gasteiger partial charge in [0, 0.05) is 11.1 Å². The summed E-state index contributed by atoms with van der Waals surface area (Å²) < 4.78 is 10.9. The SMILES string of the molecule is COc1c(C)cc(C(C)(C)C)c(OC)c1C. The van der Waals surface area contributed by atoms with Gasteiger partial charge in [0.05, 0.1) is 14.2 Å². The standard InChI is InChI=1S/C14H22O2/c1-9-8-11(14(3,4)5)13(16-7)10(2)12(9)15-6/h8H,1-7H3. The van der Waals surface area contributed by atoms with Gasteiger partial charge in [-0.1, -0.05) is 20.8 Å². The summed E-state index contributed by atoms with van der Waals surface area (Å²) in [5, 5.41) is 0. The van der Waals surface area contributed by atoms with E-state index in [1.807, 2.05) is 6.92 Å². The van der Waals surface area contributed by atoms with Gasteiger partial charge in [0.2, 0.25) is 0 Å². The zero-order chi connectivity index (χ0) is 12.5. The van der Waals surface area contributed by atoms with Gasteiger partial charge in [-0.3, -0.25) is 0 Å². The number of methoxy groups -OCH3 is 2. The molecule has 90 valence electrons. The third-order valence-corrected chi connectivity index (χ3v) is 2.86. The highest BCUT2D eigenvalue weighted by Crippen LogP contribution is 2.40. The van der Waals surface area contributed by atoms with E-state index >= 15 is 0 Å². The van der Waals surface area contributed by atoms with Crippen molar-refractivity contribution in [3.05, 3.63) is 22.8 Å². The predicted molar refractivity (Wildman–Crippen MR) is 67.7 cm³/mol. The first kappa shape index (κ1) is 12.9. The largest absolute Gasteiger partial charge is 0.496 e. The van der Waals surface area contributed by atoms with Crippen LogP contribution in [0.25, 0.3) is 0 Å². The lowest BCUT2D eigenvalue weighted by Crippen LogP contribution is -2.14. The van der Waals surface area contributed by atoms with E-state index in [0.29, 0.717) is 0 Å². The van der Waals surface area contributed by atoms with Gasteiger partial charge in [0.1, 0.15) is 11.5 Å². The molecule has 0 atom stereocenters. The maximum atomic E-state index is 5.52. The minimum Gasteiger partial charge on any atom is -0.496 e. The normalized spacial score (nSPS) is 11.4. The molecule has 0 aliphatic heterocycles. The van der Waals surface area contributed by atoms with Crippen LogP contribution in [0.4, 0.5) is 0 Å². The van der Waals surface area contributed by atoms with Crippen molar-refractivity contribution >= 4 is 0 Å². The molecule has 0 heterocycles. The van der Waals surface area contributed by atoms with Gasteiger partial charge < -0.3 is 9.47 Å². The van der Waals surface area contributed by atoms with Crippen LogP contribution in [0.2, 0.25) is 0 Å². The molecule has 2 nitrogen and oxygen atoms in total. The van der Waals surface area contributed by atoms with E-state index in [9.17, 15) is 0 Å². The van der Waals surface area contributed by atoms with E-state index in [-0.39, 0.29) is 5.41 Å². The molecule has 0 N–H and O–H groups in total. The zero-order valence-corrected chi connectivity index (χ0v) is 11.4. The van der Waals surface area contributed by atoms with Crippen molar-refractivity contribution in [3.63, 3.8) is 0 Å². The van der Waals surface area contributed by atoms with Crippen molar-refractivity contribution < 1.29 is 9.47 Å². The number of hydrogen-bond acceptors (Lipinski definition) is 2. The number of rotatable bonds is 2. The number of ether oxygens (including phenoxy) is 2. The molecule has 0 saturated carbocycles. The predicted octanol–water partition coefficient (Wildman–Crippen LogP) is 3.62. The summed E-state index contributed by atoms with van der Waals surface area (Å²) in [6.07, 6.45) is 0. The van der Waals surface area contributed by atoms with E-state index in [2.05, 4.69) is 33.8 Å². The molecule has 1 aromatic carbocycles. The Kier molecular flexibility index (Phi) is 3.51. The van der Waals surface area contributed by atoms with Crippen LogP contribution in [-0.2, 0) is 5.41 Å². The van der Waals surface area contributed by atoms with Crippen LogP contribution in [0, 0.1) is 13.8 Å². The van der Waals surface area contributed by atoms with Gasteiger partial charge in [-0.05, 0) is 30.9 Å². The van der Waals surface area contributed by atoms with Crippen molar-refractivity contribution in [2.75, 3.05) is 14.2 Å². The molecule has 1 rings (SSSR count). The van der Waals surface area contributed by atoms with E-state index in [4.69, 9.17) is 9.47 Å². The molecule has 0 fully saturated rings. The summed E-state index contributed by atoms with van der Waals surface area (Å²) in [6, 6.07) is 2.16. The average molecular weight is 222 g/mol. The second-order valence-corrected chi connectivity index (χ2v) is 5.18. The molecule has 0 bridgehead atoms. The van der Waals surface area contributed by atoms with Crippen LogP contribution in [0.3, 0.4) is 0 Å². The van der Waals surface area contributed by atoms with Crippen molar-refractivity contribution in [3.8, 4) is 11.5 Å². The molecular formula is C14H22O2. The third kappa shape index (κ3) is 2.16. The Morgan fingerprint density at radius 1 is 0.938 bits per heavy atom. The molecule has 0 amide bonds. The Morgan fingerprint density at radius 3 is 1.81 bits per heavy atom. The maximum absolute atomic E-state index is 5.52. The van der Waals surface area contributed by atoms with Gasteiger partial charge in [-0.2, -0.15) is 0 Å².